The van der Waals surface area contributed by atoms with Crippen LogP contribution in [0.4, 0.5) is 0 Å². The van der Waals surface area contributed by atoms with Crippen molar-refractivity contribution < 1.29 is 24.5 Å². The summed E-state index contributed by atoms with van der Waals surface area (Å²) < 4.78 is 7.67. The number of nitrogens with zero attached hydrogens (tertiary/aromatic N) is 2. The molecular formula is C30H30Cl3N3O5. The first kappa shape index (κ1) is 29.5. The first-order valence-electron chi connectivity index (χ1n) is 13.3. The van der Waals surface area contributed by atoms with Crippen LogP contribution in [-0.2, 0) is 10.4 Å². The maximum atomic E-state index is 13.1. The van der Waals surface area contributed by atoms with Crippen molar-refractivity contribution in [3.05, 3.63) is 85.6 Å². The van der Waals surface area contributed by atoms with Crippen LogP contribution in [0.5, 0.6) is 5.75 Å². The smallest absolute Gasteiger partial charge is 0.356 e. The Hall–Kier alpha value is -3.04. The van der Waals surface area contributed by atoms with Crippen LogP contribution in [0.15, 0.2) is 48.0 Å². The van der Waals surface area contributed by atoms with Crippen LogP contribution < -0.4 is 10.5 Å². The molecule has 216 valence electrons. The Bertz CT molecular complexity index is 1530. The molecule has 2 saturated carbocycles. The largest absolute Gasteiger partial charge is 0.489 e. The topological polar surface area (TPSA) is 128 Å². The molecule has 2 aromatic carbocycles. The van der Waals surface area contributed by atoms with Crippen LogP contribution in [0, 0.1) is 5.92 Å². The molecule has 8 nitrogen and oxygen atoms in total. The lowest BCUT2D eigenvalue weighted by atomic mass is 9.66. The van der Waals surface area contributed by atoms with Gasteiger partial charge in [0.25, 0.3) is 0 Å². The van der Waals surface area contributed by atoms with E-state index in [0.29, 0.717) is 50.4 Å². The van der Waals surface area contributed by atoms with E-state index in [0.717, 1.165) is 18.5 Å². The third kappa shape index (κ3) is 5.84. The highest BCUT2D eigenvalue weighted by Gasteiger charge is 2.47. The van der Waals surface area contributed by atoms with Crippen LogP contribution >= 0.6 is 34.8 Å². The van der Waals surface area contributed by atoms with Crippen molar-refractivity contribution in [3.8, 4) is 5.75 Å². The van der Waals surface area contributed by atoms with Crippen molar-refractivity contribution in [1.82, 2.24) is 9.78 Å². The molecule has 1 aromatic heterocycles. The first-order chi connectivity index (χ1) is 19.4. The second kappa shape index (κ2) is 11.3. The van der Waals surface area contributed by atoms with Crippen molar-refractivity contribution in [3.63, 3.8) is 0 Å². The maximum absolute atomic E-state index is 13.1. The summed E-state index contributed by atoms with van der Waals surface area (Å²) in [5.41, 5.74) is 7.42. The molecule has 0 bridgehead atoms. The van der Waals surface area contributed by atoms with Gasteiger partial charge in [-0.1, -0.05) is 46.9 Å². The highest BCUT2D eigenvalue weighted by atomic mass is 35.5. The molecule has 0 spiro atoms. The quantitative estimate of drug-likeness (QED) is 0.218. The average Bonchev–Trinajstić information content (AvgIpc) is 3.64. The maximum Gasteiger partial charge on any atom is 0.356 e. The molecule has 3 aromatic rings. The summed E-state index contributed by atoms with van der Waals surface area (Å²) in [4.78, 5) is 24.6. The lowest BCUT2D eigenvalue weighted by Gasteiger charge is -2.44. The Morgan fingerprint density at radius 1 is 1.10 bits per heavy atom. The molecular weight excluding hydrogens is 589 g/mol. The van der Waals surface area contributed by atoms with Crippen LogP contribution in [0.2, 0.25) is 15.1 Å². The van der Waals surface area contributed by atoms with Crippen molar-refractivity contribution in [2.24, 2.45) is 11.7 Å². The van der Waals surface area contributed by atoms with Gasteiger partial charge in [-0.3, -0.25) is 9.48 Å². The second-order valence-corrected chi connectivity index (χ2v) is 12.2. The van der Waals surface area contributed by atoms with Gasteiger partial charge < -0.3 is 20.7 Å². The van der Waals surface area contributed by atoms with E-state index in [1.54, 1.807) is 47.1 Å². The van der Waals surface area contributed by atoms with Gasteiger partial charge in [-0.2, -0.15) is 5.10 Å². The minimum Gasteiger partial charge on any atom is -0.489 e. The van der Waals surface area contributed by atoms with Gasteiger partial charge in [-0.15, -0.1) is 0 Å². The molecule has 2 aliphatic rings. The van der Waals surface area contributed by atoms with Crippen LogP contribution in [0.25, 0.3) is 5.70 Å². The van der Waals surface area contributed by atoms with E-state index in [-0.39, 0.29) is 41.7 Å². The van der Waals surface area contributed by atoms with Crippen molar-refractivity contribution in [2.45, 2.75) is 57.1 Å². The number of ether oxygens (including phenoxy) is 1. The van der Waals surface area contributed by atoms with E-state index in [1.165, 1.54) is 0 Å². The summed E-state index contributed by atoms with van der Waals surface area (Å²) in [6, 6.07) is 11.6. The molecule has 1 heterocycles. The Balaban J connectivity index is 1.33. The fourth-order valence-corrected chi connectivity index (χ4v) is 6.26. The number of carboxylic acids is 1. The Labute approximate surface area is 252 Å². The summed E-state index contributed by atoms with van der Waals surface area (Å²) in [5, 5.41) is 25.9. The molecule has 2 fully saturated rings. The lowest BCUT2D eigenvalue weighted by molar-refractivity contribution is -0.116. The highest BCUT2D eigenvalue weighted by molar-refractivity contribution is 6.37. The normalized spacial score (nSPS) is 20.9. The minimum absolute atomic E-state index is 0.0188. The average molecular weight is 619 g/mol. The fourth-order valence-electron chi connectivity index (χ4n) is 5.31. The Morgan fingerprint density at radius 3 is 2.32 bits per heavy atom. The zero-order valence-electron chi connectivity index (χ0n) is 22.5. The number of carboxylic acid groups (broad SMARTS) is 1. The molecule has 0 radical (unpaired) electrons. The predicted molar refractivity (Wildman–Crippen MR) is 158 cm³/mol. The van der Waals surface area contributed by atoms with Crippen LogP contribution in [-0.4, -0.2) is 38.4 Å². The van der Waals surface area contributed by atoms with Gasteiger partial charge in [0.2, 0.25) is 0 Å². The summed E-state index contributed by atoms with van der Waals surface area (Å²) in [7, 11) is 0. The van der Waals surface area contributed by atoms with Gasteiger partial charge in [0.05, 0.1) is 31.9 Å². The SMILES string of the molecule is CC(C)n1nc(C(=O)O)cc1C1CC(O)(c2ccc(OCC(C(=O)C3CC3)=C(N)c3c(Cl)cccc3Cl)cc2Cl)C1. The van der Waals surface area contributed by atoms with E-state index in [2.05, 4.69) is 5.10 Å². The first-order valence-corrected chi connectivity index (χ1v) is 14.5. The number of hydrogen-bond acceptors (Lipinski definition) is 6. The zero-order valence-corrected chi connectivity index (χ0v) is 24.8. The lowest BCUT2D eigenvalue weighted by Crippen LogP contribution is -2.41. The molecule has 5 rings (SSSR count). The number of ketones is 1. The van der Waals surface area contributed by atoms with Crippen molar-refractivity contribution in [1.29, 1.82) is 0 Å². The van der Waals surface area contributed by atoms with Gasteiger partial charge >= 0.3 is 5.97 Å². The van der Waals surface area contributed by atoms with Gasteiger partial charge in [-0.05, 0) is 69.9 Å². The summed E-state index contributed by atoms with van der Waals surface area (Å²) in [5.74, 6) is -0.953. The van der Waals surface area contributed by atoms with E-state index in [4.69, 9.17) is 45.3 Å². The molecule has 11 heteroatoms. The summed E-state index contributed by atoms with van der Waals surface area (Å²) in [6.07, 6.45) is 2.31. The van der Waals surface area contributed by atoms with Crippen molar-refractivity contribution in [2.75, 3.05) is 6.61 Å². The number of aromatic nitrogens is 2. The molecule has 0 amide bonds. The number of benzene rings is 2. The van der Waals surface area contributed by atoms with Crippen LogP contribution in [0.3, 0.4) is 0 Å². The number of Topliss-reactive ketones (excluding diaryl/α,β-unsaturated/α-hetero) is 1. The monoisotopic (exact) mass is 617 g/mol. The van der Waals surface area contributed by atoms with E-state index < -0.39 is 11.6 Å². The number of rotatable bonds is 10. The molecule has 4 N–H and O–H groups in total. The van der Waals surface area contributed by atoms with Gasteiger partial charge in [0.1, 0.15) is 12.4 Å². The van der Waals surface area contributed by atoms with Gasteiger partial charge in [0, 0.05) is 34.7 Å². The van der Waals surface area contributed by atoms with E-state index >= 15 is 0 Å². The third-order valence-corrected chi connectivity index (χ3v) is 8.63. The number of carbonyl (C=O) groups excluding carboxylic acids is 1. The highest BCUT2D eigenvalue weighted by Crippen LogP contribution is 2.53. The van der Waals surface area contributed by atoms with Crippen molar-refractivity contribution >= 4 is 52.3 Å². The predicted octanol–water partition coefficient (Wildman–Crippen LogP) is 6.62. The third-order valence-electron chi connectivity index (χ3n) is 7.69. The molecule has 2 aliphatic carbocycles. The van der Waals surface area contributed by atoms with E-state index in [9.17, 15) is 19.8 Å². The molecule has 41 heavy (non-hydrogen) atoms. The second-order valence-electron chi connectivity index (χ2n) is 11.0. The number of aliphatic hydroxyl groups is 1. The molecule has 0 atom stereocenters. The number of nitrogens with two attached hydrogens (primary N) is 1. The molecule has 0 saturated heterocycles. The van der Waals surface area contributed by atoms with Gasteiger partial charge in [-0.25, -0.2) is 4.79 Å². The number of aromatic carboxylic acids is 1. The van der Waals surface area contributed by atoms with Crippen LogP contribution in [0.1, 0.15) is 78.8 Å². The number of carbonyl (C=O) groups is 2. The molecule has 0 unspecified atom stereocenters. The molecule has 0 aliphatic heterocycles. The number of hydrogen-bond donors (Lipinski definition) is 3. The van der Waals surface area contributed by atoms with Gasteiger partial charge in [0.15, 0.2) is 11.5 Å². The fraction of sp³-hybridized carbons (Fsp3) is 0.367. The Morgan fingerprint density at radius 2 is 1.76 bits per heavy atom. The standard InChI is InChI=1S/C30H30Cl3N3O5/c1-15(2)36-25(11-24(35-36)29(38)39)17-12-30(40,13-17)20-9-8-18(10-23(20)33)41-14-19(28(37)16-6-7-16)27(34)26-21(31)4-3-5-22(26)32/h3-5,8-11,15-17,40H,6-7,12-14,34H2,1-2H3,(H,38,39). The van der Waals surface area contributed by atoms with E-state index in [1.807, 2.05) is 13.8 Å². The minimum atomic E-state index is -1.19. The number of halogens is 3. The summed E-state index contributed by atoms with van der Waals surface area (Å²) in [6.45, 7) is 3.76. The zero-order chi connectivity index (χ0) is 29.6. The summed E-state index contributed by atoms with van der Waals surface area (Å²) >= 11 is 19.3. The Kier molecular flexibility index (Phi) is 8.14.